The minimum Gasteiger partial charge on any atom is -0.350 e. The Morgan fingerprint density at radius 1 is 0.872 bits per heavy atom. The van der Waals surface area contributed by atoms with Crippen molar-refractivity contribution < 1.29 is 26.8 Å². The van der Waals surface area contributed by atoms with E-state index in [0.29, 0.717) is 5.56 Å². The molecule has 3 rings (SSSR count). The summed E-state index contributed by atoms with van der Waals surface area (Å²) in [5.74, 6) is -2.08. The second-order valence-corrected chi connectivity index (χ2v) is 12.0. The van der Waals surface area contributed by atoms with E-state index in [9.17, 15) is 26.8 Å². The van der Waals surface area contributed by atoms with E-state index in [2.05, 4.69) is 5.32 Å². The van der Waals surface area contributed by atoms with Gasteiger partial charge in [-0.05, 0) is 81.3 Å². The van der Waals surface area contributed by atoms with E-state index in [1.54, 1.807) is 37.3 Å². The van der Waals surface area contributed by atoms with Crippen LogP contribution in [0.1, 0.15) is 39.7 Å². The fraction of sp³-hybridized carbons (Fsp3) is 0.310. The topological polar surface area (TPSA) is 86.8 Å². The van der Waals surface area contributed by atoms with Crippen LogP contribution in [0, 0.1) is 11.6 Å². The lowest BCUT2D eigenvalue weighted by molar-refractivity contribution is -0.141. The lowest BCUT2D eigenvalue weighted by Gasteiger charge is -2.34. The summed E-state index contributed by atoms with van der Waals surface area (Å²) >= 11 is 0. The summed E-state index contributed by atoms with van der Waals surface area (Å²) in [4.78, 5) is 28.3. The van der Waals surface area contributed by atoms with Gasteiger partial charge in [-0.3, -0.25) is 13.9 Å². The average Bonchev–Trinajstić information content (AvgIpc) is 2.87. The highest BCUT2D eigenvalue weighted by molar-refractivity contribution is 7.92. The summed E-state index contributed by atoms with van der Waals surface area (Å²) in [6.45, 7) is 6.53. The van der Waals surface area contributed by atoms with Crippen LogP contribution < -0.4 is 9.62 Å². The van der Waals surface area contributed by atoms with Crippen LogP contribution in [-0.2, 0) is 26.2 Å². The molecule has 0 aliphatic heterocycles. The van der Waals surface area contributed by atoms with Crippen molar-refractivity contribution in [2.24, 2.45) is 0 Å². The highest BCUT2D eigenvalue weighted by Crippen LogP contribution is 2.25. The van der Waals surface area contributed by atoms with E-state index in [0.717, 1.165) is 28.6 Å². The zero-order valence-corrected chi connectivity index (χ0v) is 23.2. The molecule has 3 aromatic rings. The molecule has 208 valence electrons. The molecular weight excluding hydrogens is 524 g/mol. The Labute approximate surface area is 228 Å². The third-order valence-corrected chi connectivity index (χ3v) is 7.66. The fourth-order valence-electron chi connectivity index (χ4n) is 4.02. The molecule has 0 aromatic heterocycles. The molecule has 0 aliphatic rings. The van der Waals surface area contributed by atoms with Crippen LogP contribution >= 0.6 is 0 Å². The Hall–Kier alpha value is -3.79. The zero-order valence-electron chi connectivity index (χ0n) is 22.4. The van der Waals surface area contributed by atoms with Crippen molar-refractivity contribution >= 4 is 27.5 Å². The number of nitrogens with one attached hydrogen (secondary N) is 1. The van der Waals surface area contributed by atoms with Crippen molar-refractivity contribution in [3.05, 3.63) is 96.1 Å². The van der Waals surface area contributed by atoms with E-state index < -0.39 is 51.6 Å². The molecule has 0 saturated heterocycles. The van der Waals surface area contributed by atoms with Gasteiger partial charge in [-0.25, -0.2) is 17.2 Å². The highest BCUT2D eigenvalue weighted by atomic mass is 32.2. The standard InChI is InChI=1S/C29H33F2N3O4S/c1-5-26(28(36)32-29(2,3)4)33(19-21-11-13-22(30)14-12-21)27(35)20-34(24-9-7-6-8-10-24)39(37,38)25-17-15-23(31)16-18-25/h6-18,26H,5,19-20H2,1-4H3,(H,32,36)/t26-/m0/s1. The first-order valence-corrected chi connectivity index (χ1v) is 13.9. The number of rotatable bonds is 10. The maximum absolute atomic E-state index is 13.9. The van der Waals surface area contributed by atoms with Crippen LogP contribution in [0.3, 0.4) is 0 Å². The van der Waals surface area contributed by atoms with Crippen LogP contribution in [-0.4, -0.2) is 43.3 Å². The van der Waals surface area contributed by atoms with E-state index in [1.807, 2.05) is 20.8 Å². The molecule has 10 heteroatoms. The van der Waals surface area contributed by atoms with Gasteiger partial charge in [0.2, 0.25) is 11.8 Å². The summed E-state index contributed by atoms with van der Waals surface area (Å²) < 4.78 is 55.4. The molecular formula is C29H33F2N3O4S. The first-order chi connectivity index (χ1) is 18.3. The van der Waals surface area contributed by atoms with Crippen molar-refractivity contribution in [1.82, 2.24) is 10.2 Å². The second-order valence-electron chi connectivity index (χ2n) is 10.1. The van der Waals surface area contributed by atoms with Crippen molar-refractivity contribution in [1.29, 1.82) is 0 Å². The number of para-hydroxylation sites is 1. The smallest absolute Gasteiger partial charge is 0.264 e. The number of anilines is 1. The predicted molar refractivity (Wildman–Crippen MR) is 146 cm³/mol. The summed E-state index contributed by atoms with van der Waals surface area (Å²) in [7, 11) is -4.29. The van der Waals surface area contributed by atoms with Gasteiger partial charge in [-0.2, -0.15) is 0 Å². The van der Waals surface area contributed by atoms with E-state index in [1.165, 1.54) is 29.2 Å². The molecule has 7 nitrogen and oxygen atoms in total. The third kappa shape index (κ3) is 7.86. The fourth-order valence-corrected chi connectivity index (χ4v) is 5.43. The largest absolute Gasteiger partial charge is 0.350 e. The second kappa shape index (κ2) is 12.4. The number of amides is 2. The zero-order chi connectivity index (χ0) is 28.8. The molecule has 0 saturated carbocycles. The third-order valence-electron chi connectivity index (χ3n) is 5.87. The average molecular weight is 558 g/mol. The lowest BCUT2D eigenvalue weighted by atomic mass is 10.1. The number of benzene rings is 3. The number of carbonyl (C=O) groups excluding carboxylic acids is 2. The Bertz CT molecular complexity index is 1370. The Morgan fingerprint density at radius 2 is 1.41 bits per heavy atom. The van der Waals surface area contributed by atoms with Crippen LogP contribution in [0.5, 0.6) is 0 Å². The van der Waals surface area contributed by atoms with Gasteiger partial charge in [0.05, 0.1) is 10.6 Å². The first kappa shape index (κ1) is 29.8. The van der Waals surface area contributed by atoms with Gasteiger partial charge in [0.25, 0.3) is 10.0 Å². The van der Waals surface area contributed by atoms with E-state index in [4.69, 9.17) is 0 Å². The van der Waals surface area contributed by atoms with Gasteiger partial charge >= 0.3 is 0 Å². The maximum Gasteiger partial charge on any atom is 0.264 e. The Balaban J connectivity index is 2.04. The van der Waals surface area contributed by atoms with Crippen LogP contribution in [0.25, 0.3) is 0 Å². The van der Waals surface area contributed by atoms with Gasteiger partial charge in [0.15, 0.2) is 0 Å². The molecule has 0 aliphatic carbocycles. The molecule has 0 fully saturated rings. The number of halogens is 2. The Kier molecular flexibility index (Phi) is 9.45. The van der Waals surface area contributed by atoms with Gasteiger partial charge in [0, 0.05) is 12.1 Å². The summed E-state index contributed by atoms with van der Waals surface area (Å²) in [5, 5.41) is 2.89. The molecule has 0 unspecified atom stereocenters. The van der Waals surface area contributed by atoms with Crippen LogP contribution in [0.4, 0.5) is 14.5 Å². The molecule has 0 heterocycles. The summed E-state index contributed by atoms with van der Waals surface area (Å²) in [6.07, 6.45) is 0.255. The molecule has 2 amide bonds. The van der Waals surface area contributed by atoms with Gasteiger partial charge < -0.3 is 10.2 Å². The normalized spacial score (nSPS) is 12.5. The van der Waals surface area contributed by atoms with Crippen LogP contribution in [0.15, 0.2) is 83.8 Å². The summed E-state index contributed by atoms with van der Waals surface area (Å²) in [6, 6.07) is 17.0. The van der Waals surface area contributed by atoms with Gasteiger partial charge in [-0.1, -0.05) is 37.3 Å². The first-order valence-electron chi connectivity index (χ1n) is 12.5. The summed E-state index contributed by atoms with van der Waals surface area (Å²) in [5.41, 5.74) is 0.223. The number of hydrogen-bond donors (Lipinski definition) is 1. The van der Waals surface area contributed by atoms with Crippen molar-refractivity contribution in [2.45, 2.75) is 57.1 Å². The number of nitrogens with zero attached hydrogens (tertiary/aromatic N) is 2. The van der Waals surface area contributed by atoms with Gasteiger partial charge in [0.1, 0.15) is 24.2 Å². The van der Waals surface area contributed by atoms with Crippen molar-refractivity contribution in [3.8, 4) is 0 Å². The molecule has 39 heavy (non-hydrogen) atoms. The predicted octanol–water partition coefficient (Wildman–Crippen LogP) is 4.88. The SMILES string of the molecule is CC[C@@H](C(=O)NC(C)(C)C)N(Cc1ccc(F)cc1)C(=O)CN(c1ccccc1)S(=O)(=O)c1ccc(F)cc1. The van der Waals surface area contributed by atoms with Crippen molar-refractivity contribution in [2.75, 3.05) is 10.8 Å². The number of carbonyl (C=O) groups is 2. The molecule has 3 aromatic carbocycles. The molecule has 0 bridgehead atoms. The van der Waals surface area contributed by atoms with Crippen LogP contribution in [0.2, 0.25) is 0 Å². The number of hydrogen-bond acceptors (Lipinski definition) is 4. The molecule has 1 N–H and O–H groups in total. The maximum atomic E-state index is 13.9. The van der Waals surface area contributed by atoms with E-state index >= 15 is 0 Å². The highest BCUT2D eigenvalue weighted by Gasteiger charge is 2.34. The van der Waals surface area contributed by atoms with Crippen molar-refractivity contribution in [3.63, 3.8) is 0 Å². The lowest BCUT2D eigenvalue weighted by Crippen LogP contribution is -2.55. The molecule has 0 spiro atoms. The Morgan fingerprint density at radius 3 is 1.92 bits per heavy atom. The van der Waals surface area contributed by atoms with E-state index in [-0.39, 0.29) is 23.5 Å². The van der Waals surface area contributed by atoms with Gasteiger partial charge in [-0.15, -0.1) is 0 Å². The monoisotopic (exact) mass is 557 g/mol. The molecule has 1 atom stereocenters. The minimum absolute atomic E-state index is 0.0472. The molecule has 0 radical (unpaired) electrons. The minimum atomic E-state index is -4.29. The number of sulfonamides is 1. The quantitative estimate of drug-likeness (QED) is 0.385.